The summed E-state index contributed by atoms with van der Waals surface area (Å²) in [4.78, 5) is 12.4. The minimum absolute atomic E-state index is 0.129. The van der Waals surface area contributed by atoms with Crippen LogP contribution in [0.3, 0.4) is 0 Å². The Labute approximate surface area is 120 Å². The Morgan fingerprint density at radius 3 is 2.95 bits per heavy atom. The Morgan fingerprint density at radius 2 is 2.20 bits per heavy atom. The lowest BCUT2D eigenvalue weighted by Gasteiger charge is -2.20. The maximum absolute atomic E-state index is 12.4. The van der Waals surface area contributed by atoms with Crippen LogP contribution in [0.1, 0.15) is 37.6 Å². The summed E-state index contributed by atoms with van der Waals surface area (Å²) in [6.45, 7) is 8.62. The number of Topliss-reactive ketones (excluding diaryl/α,β-unsaturated/α-hetero) is 1. The van der Waals surface area contributed by atoms with E-state index in [-0.39, 0.29) is 11.8 Å². The highest BCUT2D eigenvalue weighted by molar-refractivity contribution is 6.01. The number of carbonyl (C=O) groups excluding carboxylic acids is 1. The summed E-state index contributed by atoms with van der Waals surface area (Å²) in [6.07, 6.45) is 1.08. The number of rotatable bonds is 6. The van der Waals surface area contributed by atoms with Gasteiger partial charge in [0.15, 0.2) is 5.78 Å². The fraction of sp³-hybridized carbons (Fsp3) is 0.562. The summed E-state index contributed by atoms with van der Waals surface area (Å²) < 4.78 is 5.52. The van der Waals surface area contributed by atoms with E-state index in [1.54, 1.807) is 0 Å². The molecule has 1 aromatic carbocycles. The van der Waals surface area contributed by atoms with Crippen molar-refractivity contribution in [3.63, 3.8) is 0 Å². The zero-order valence-electron chi connectivity index (χ0n) is 12.5. The van der Waals surface area contributed by atoms with Gasteiger partial charge in [0, 0.05) is 12.1 Å². The van der Waals surface area contributed by atoms with Gasteiger partial charge in [0.1, 0.15) is 12.4 Å². The van der Waals surface area contributed by atoms with E-state index in [2.05, 4.69) is 24.5 Å². The van der Waals surface area contributed by atoms with Gasteiger partial charge in [-0.2, -0.15) is 0 Å². The highest BCUT2D eigenvalue weighted by atomic mass is 16.5. The van der Waals surface area contributed by atoms with E-state index in [1.165, 1.54) is 0 Å². The lowest BCUT2D eigenvalue weighted by Crippen LogP contribution is -2.35. The van der Waals surface area contributed by atoms with Gasteiger partial charge in [-0.15, -0.1) is 0 Å². The number of nitrogens with one attached hydrogen (secondary N) is 2. The van der Waals surface area contributed by atoms with Crippen molar-refractivity contribution < 1.29 is 9.53 Å². The lowest BCUT2D eigenvalue weighted by molar-refractivity contribution is 0.0950. The molecule has 4 nitrogen and oxygen atoms in total. The highest BCUT2D eigenvalue weighted by Gasteiger charge is 2.17. The Morgan fingerprint density at radius 1 is 1.40 bits per heavy atom. The van der Waals surface area contributed by atoms with Crippen LogP contribution in [-0.4, -0.2) is 31.5 Å². The Kier molecular flexibility index (Phi) is 5.01. The van der Waals surface area contributed by atoms with Gasteiger partial charge in [-0.05, 0) is 44.0 Å². The first-order chi connectivity index (χ1) is 9.58. The first-order valence-corrected chi connectivity index (χ1v) is 7.36. The van der Waals surface area contributed by atoms with Crippen molar-refractivity contribution >= 4 is 11.5 Å². The molecule has 1 atom stereocenters. The fourth-order valence-corrected chi connectivity index (χ4v) is 2.23. The molecule has 0 saturated carbocycles. The molecule has 110 valence electrons. The molecule has 20 heavy (non-hydrogen) atoms. The molecule has 0 fully saturated rings. The minimum Gasteiger partial charge on any atom is -0.490 e. The summed E-state index contributed by atoms with van der Waals surface area (Å²) in [5, 5.41) is 6.55. The SMILES string of the molecule is CC(C)CCNC(C)C(=O)c1ccc2c(c1)NCCO2. The standard InChI is InChI=1S/C16H24N2O2/c1-11(2)6-7-17-12(3)16(19)13-4-5-15-14(10-13)18-8-9-20-15/h4-5,10-12,17-18H,6-9H2,1-3H3. The average Bonchev–Trinajstić information content (AvgIpc) is 2.45. The number of anilines is 1. The third-order valence-electron chi connectivity index (χ3n) is 3.50. The summed E-state index contributed by atoms with van der Waals surface area (Å²) in [7, 11) is 0. The molecule has 1 unspecified atom stereocenters. The minimum atomic E-state index is -0.156. The quantitative estimate of drug-likeness (QED) is 0.784. The molecule has 2 rings (SSSR count). The Bertz CT molecular complexity index is 472. The van der Waals surface area contributed by atoms with Crippen LogP contribution in [-0.2, 0) is 0 Å². The zero-order chi connectivity index (χ0) is 14.5. The van der Waals surface area contributed by atoms with E-state index in [9.17, 15) is 4.79 Å². The summed E-state index contributed by atoms with van der Waals surface area (Å²) in [6, 6.07) is 5.44. The number of hydrogen-bond acceptors (Lipinski definition) is 4. The van der Waals surface area contributed by atoms with E-state index in [0.717, 1.165) is 36.5 Å². The second-order valence-electron chi connectivity index (χ2n) is 5.71. The highest BCUT2D eigenvalue weighted by Crippen LogP contribution is 2.28. The third-order valence-corrected chi connectivity index (χ3v) is 3.50. The molecule has 1 aliphatic rings. The van der Waals surface area contributed by atoms with Gasteiger partial charge in [0.2, 0.25) is 0 Å². The molecule has 0 saturated heterocycles. The largest absolute Gasteiger partial charge is 0.490 e. The van der Waals surface area contributed by atoms with Gasteiger partial charge >= 0.3 is 0 Å². The molecule has 1 heterocycles. The fourth-order valence-electron chi connectivity index (χ4n) is 2.23. The number of ether oxygens (including phenoxy) is 1. The first kappa shape index (κ1) is 14.9. The molecule has 0 radical (unpaired) electrons. The van der Waals surface area contributed by atoms with Crippen LogP contribution in [0.5, 0.6) is 5.75 Å². The molecule has 0 spiro atoms. The van der Waals surface area contributed by atoms with E-state index < -0.39 is 0 Å². The van der Waals surface area contributed by atoms with Gasteiger partial charge in [0.05, 0.1) is 11.7 Å². The number of ketones is 1. The van der Waals surface area contributed by atoms with E-state index in [4.69, 9.17) is 4.74 Å². The number of benzene rings is 1. The first-order valence-electron chi connectivity index (χ1n) is 7.36. The second-order valence-corrected chi connectivity index (χ2v) is 5.71. The van der Waals surface area contributed by atoms with Gasteiger partial charge < -0.3 is 15.4 Å². The van der Waals surface area contributed by atoms with E-state index in [0.29, 0.717) is 12.5 Å². The molecule has 0 aliphatic carbocycles. The maximum Gasteiger partial charge on any atom is 0.179 e. The van der Waals surface area contributed by atoms with Crippen LogP contribution >= 0.6 is 0 Å². The van der Waals surface area contributed by atoms with Crippen molar-refractivity contribution in [1.29, 1.82) is 0 Å². The van der Waals surface area contributed by atoms with Gasteiger partial charge in [0.25, 0.3) is 0 Å². The predicted molar refractivity (Wildman–Crippen MR) is 81.7 cm³/mol. The van der Waals surface area contributed by atoms with Crippen molar-refractivity contribution in [2.75, 3.05) is 25.0 Å². The average molecular weight is 276 g/mol. The zero-order valence-corrected chi connectivity index (χ0v) is 12.5. The Balaban J connectivity index is 1.98. The molecule has 1 aliphatic heterocycles. The van der Waals surface area contributed by atoms with Crippen molar-refractivity contribution in [1.82, 2.24) is 5.32 Å². The monoisotopic (exact) mass is 276 g/mol. The van der Waals surface area contributed by atoms with Crippen LogP contribution in [0.25, 0.3) is 0 Å². The second kappa shape index (κ2) is 6.75. The van der Waals surface area contributed by atoms with Crippen molar-refractivity contribution in [3.05, 3.63) is 23.8 Å². The molecule has 1 aromatic rings. The van der Waals surface area contributed by atoms with E-state index in [1.807, 2.05) is 25.1 Å². The molecular weight excluding hydrogens is 252 g/mol. The van der Waals surface area contributed by atoms with Crippen LogP contribution in [0.15, 0.2) is 18.2 Å². The third kappa shape index (κ3) is 3.73. The molecular formula is C16H24N2O2. The molecule has 0 amide bonds. The topological polar surface area (TPSA) is 50.4 Å². The van der Waals surface area contributed by atoms with Gasteiger partial charge in [-0.1, -0.05) is 13.8 Å². The molecule has 2 N–H and O–H groups in total. The molecule has 4 heteroatoms. The number of hydrogen-bond donors (Lipinski definition) is 2. The molecule has 0 aromatic heterocycles. The smallest absolute Gasteiger partial charge is 0.179 e. The predicted octanol–water partition coefficient (Wildman–Crippen LogP) is 2.70. The van der Waals surface area contributed by atoms with Crippen molar-refractivity contribution in [2.45, 2.75) is 33.2 Å². The molecule has 0 bridgehead atoms. The van der Waals surface area contributed by atoms with Crippen LogP contribution < -0.4 is 15.4 Å². The van der Waals surface area contributed by atoms with Gasteiger partial charge in [-0.25, -0.2) is 0 Å². The number of fused-ring (bicyclic) bond motifs is 1. The number of carbonyl (C=O) groups is 1. The van der Waals surface area contributed by atoms with Crippen molar-refractivity contribution in [2.24, 2.45) is 5.92 Å². The summed E-state index contributed by atoms with van der Waals surface area (Å²) in [5.41, 5.74) is 1.64. The summed E-state index contributed by atoms with van der Waals surface area (Å²) >= 11 is 0. The van der Waals surface area contributed by atoms with Crippen LogP contribution in [0.2, 0.25) is 0 Å². The van der Waals surface area contributed by atoms with Crippen LogP contribution in [0, 0.1) is 5.92 Å². The Hall–Kier alpha value is -1.55. The maximum atomic E-state index is 12.4. The normalized spacial score (nSPS) is 15.2. The van der Waals surface area contributed by atoms with E-state index >= 15 is 0 Å². The summed E-state index contributed by atoms with van der Waals surface area (Å²) in [5.74, 6) is 1.60. The van der Waals surface area contributed by atoms with Crippen molar-refractivity contribution in [3.8, 4) is 5.75 Å². The van der Waals surface area contributed by atoms with Gasteiger partial charge in [-0.3, -0.25) is 4.79 Å². The van der Waals surface area contributed by atoms with Crippen LogP contribution in [0.4, 0.5) is 5.69 Å². The lowest BCUT2D eigenvalue weighted by atomic mass is 10.0.